The summed E-state index contributed by atoms with van der Waals surface area (Å²) >= 11 is 0. The van der Waals surface area contributed by atoms with Crippen LogP contribution in [0.3, 0.4) is 0 Å². The highest BCUT2D eigenvalue weighted by atomic mass is 16.5. The van der Waals surface area contributed by atoms with E-state index in [9.17, 15) is 25.2 Å². The number of rotatable bonds is 5. The van der Waals surface area contributed by atoms with Crippen molar-refractivity contribution in [2.24, 2.45) is 5.73 Å². The molecule has 8 heteroatoms. The molecule has 1 heterocycles. The van der Waals surface area contributed by atoms with Gasteiger partial charge in [0.05, 0.1) is 6.61 Å². The maximum atomic E-state index is 12.4. The first-order chi connectivity index (χ1) is 12.4. The molecule has 136 valence electrons. The second kappa shape index (κ2) is 6.85. The smallest absolute Gasteiger partial charge is 0.238 e. The topological polar surface area (TPSA) is 146 Å². The van der Waals surface area contributed by atoms with Crippen molar-refractivity contribution in [3.05, 3.63) is 40.6 Å². The minimum atomic E-state index is -0.850. The van der Waals surface area contributed by atoms with Gasteiger partial charge >= 0.3 is 0 Å². The second-order valence-corrected chi connectivity index (χ2v) is 5.62. The van der Waals surface area contributed by atoms with E-state index in [1.807, 2.05) is 0 Å². The highest BCUT2D eigenvalue weighted by Gasteiger charge is 2.19. The lowest BCUT2D eigenvalue weighted by Gasteiger charge is -2.11. The fraction of sp³-hybridized carbons (Fsp3) is 0.167. The van der Waals surface area contributed by atoms with Gasteiger partial charge in [0.2, 0.25) is 11.2 Å². The summed E-state index contributed by atoms with van der Waals surface area (Å²) in [5, 5.41) is 39.3. The van der Waals surface area contributed by atoms with Crippen LogP contribution in [0, 0.1) is 0 Å². The molecule has 6 N–H and O–H groups in total. The van der Waals surface area contributed by atoms with Gasteiger partial charge in [-0.2, -0.15) is 0 Å². The Morgan fingerprint density at radius 3 is 2.54 bits per heavy atom. The summed E-state index contributed by atoms with van der Waals surface area (Å²) in [5.74, 6) is -1.69. The third-order valence-corrected chi connectivity index (χ3v) is 3.76. The lowest BCUT2D eigenvalue weighted by atomic mass is 10.1. The number of fused-ring (bicyclic) bond motifs is 1. The van der Waals surface area contributed by atoms with Crippen molar-refractivity contribution in [2.75, 3.05) is 13.2 Å². The first-order valence-corrected chi connectivity index (χ1v) is 7.80. The molecule has 0 bridgehead atoms. The SMILES string of the molecule is NCCCOc1cc(-c2oc3cc(O)cc(O)c3c(=O)c2O)ccc1O. The minimum Gasteiger partial charge on any atom is -0.508 e. The summed E-state index contributed by atoms with van der Waals surface area (Å²) in [5.41, 5.74) is 4.72. The molecule has 0 aliphatic rings. The molecule has 8 nitrogen and oxygen atoms in total. The Morgan fingerprint density at radius 2 is 1.81 bits per heavy atom. The number of hydrogen-bond acceptors (Lipinski definition) is 8. The van der Waals surface area contributed by atoms with Crippen molar-refractivity contribution in [1.29, 1.82) is 0 Å². The molecule has 0 aliphatic carbocycles. The standard InChI is InChI=1S/C18H17NO7/c19-4-1-5-25-13-6-9(2-3-11(13)21)18-17(24)16(23)15-12(22)7-10(20)8-14(15)26-18/h2-3,6-8,20-22,24H,1,4-5,19H2. The monoisotopic (exact) mass is 359 g/mol. The van der Waals surface area contributed by atoms with Gasteiger partial charge in [-0.1, -0.05) is 0 Å². The van der Waals surface area contributed by atoms with E-state index in [1.165, 1.54) is 18.2 Å². The largest absolute Gasteiger partial charge is 0.508 e. The van der Waals surface area contributed by atoms with Crippen LogP contribution in [0.25, 0.3) is 22.3 Å². The van der Waals surface area contributed by atoms with Crippen molar-refractivity contribution in [1.82, 2.24) is 0 Å². The summed E-state index contributed by atoms with van der Waals surface area (Å²) in [6, 6.07) is 6.29. The molecular formula is C18H17NO7. The van der Waals surface area contributed by atoms with E-state index >= 15 is 0 Å². The predicted octanol–water partition coefficient (Wildman–Crippen LogP) is 2.01. The normalized spacial score (nSPS) is 11.0. The van der Waals surface area contributed by atoms with Gasteiger partial charge in [-0.3, -0.25) is 4.79 Å². The van der Waals surface area contributed by atoms with E-state index < -0.39 is 16.9 Å². The Bertz CT molecular complexity index is 1030. The van der Waals surface area contributed by atoms with Gasteiger partial charge in [0.25, 0.3) is 0 Å². The number of hydrogen-bond donors (Lipinski definition) is 5. The molecule has 0 radical (unpaired) electrons. The summed E-state index contributed by atoms with van der Waals surface area (Å²) in [6.45, 7) is 0.705. The van der Waals surface area contributed by atoms with Gasteiger partial charge in [0, 0.05) is 17.7 Å². The third kappa shape index (κ3) is 3.09. The molecule has 0 spiro atoms. The molecule has 2 aromatic carbocycles. The zero-order chi connectivity index (χ0) is 18.8. The van der Waals surface area contributed by atoms with Crippen LogP contribution in [0.4, 0.5) is 0 Å². The highest BCUT2D eigenvalue weighted by Crippen LogP contribution is 2.38. The van der Waals surface area contributed by atoms with Crippen molar-refractivity contribution in [3.63, 3.8) is 0 Å². The Morgan fingerprint density at radius 1 is 1.04 bits per heavy atom. The molecule has 26 heavy (non-hydrogen) atoms. The van der Waals surface area contributed by atoms with E-state index in [0.717, 1.165) is 12.1 Å². The van der Waals surface area contributed by atoms with Crippen LogP contribution in [0.1, 0.15) is 6.42 Å². The zero-order valence-corrected chi connectivity index (χ0v) is 13.6. The van der Waals surface area contributed by atoms with Crippen molar-refractivity contribution >= 4 is 11.0 Å². The Labute approximate surface area is 147 Å². The van der Waals surface area contributed by atoms with Gasteiger partial charge in [-0.15, -0.1) is 0 Å². The average Bonchev–Trinajstić information content (AvgIpc) is 2.59. The van der Waals surface area contributed by atoms with Gasteiger partial charge < -0.3 is 35.3 Å². The molecule has 0 fully saturated rings. The van der Waals surface area contributed by atoms with E-state index in [1.54, 1.807) is 0 Å². The zero-order valence-electron chi connectivity index (χ0n) is 13.6. The molecule has 3 rings (SSSR count). The first kappa shape index (κ1) is 17.4. The number of aromatic hydroxyl groups is 4. The van der Waals surface area contributed by atoms with Crippen LogP contribution in [0.5, 0.6) is 28.7 Å². The van der Waals surface area contributed by atoms with E-state index in [0.29, 0.717) is 13.0 Å². The Kier molecular flexibility index (Phi) is 4.59. The summed E-state index contributed by atoms with van der Waals surface area (Å²) in [6.07, 6.45) is 0.582. The van der Waals surface area contributed by atoms with Crippen LogP contribution in [0.15, 0.2) is 39.5 Å². The lowest BCUT2D eigenvalue weighted by Crippen LogP contribution is -2.06. The molecule has 0 saturated heterocycles. The minimum absolute atomic E-state index is 0.0982. The van der Waals surface area contributed by atoms with Crippen LogP contribution in [-0.2, 0) is 0 Å². The number of ether oxygens (including phenoxy) is 1. The lowest BCUT2D eigenvalue weighted by molar-refractivity contribution is 0.296. The molecule has 3 aromatic rings. The molecular weight excluding hydrogens is 342 g/mol. The van der Waals surface area contributed by atoms with E-state index in [2.05, 4.69) is 0 Å². The quantitative estimate of drug-likeness (QED) is 0.435. The van der Waals surface area contributed by atoms with Crippen LogP contribution >= 0.6 is 0 Å². The second-order valence-electron chi connectivity index (χ2n) is 5.62. The predicted molar refractivity (Wildman–Crippen MR) is 93.7 cm³/mol. The third-order valence-electron chi connectivity index (χ3n) is 3.76. The molecule has 0 aliphatic heterocycles. The molecule has 0 saturated carbocycles. The maximum Gasteiger partial charge on any atom is 0.238 e. The Balaban J connectivity index is 2.15. The van der Waals surface area contributed by atoms with Gasteiger partial charge in [0.1, 0.15) is 22.5 Å². The van der Waals surface area contributed by atoms with Crippen molar-refractivity contribution in [2.45, 2.75) is 6.42 Å². The fourth-order valence-corrected chi connectivity index (χ4v) is 2.51. The van der Waals surface area contributed by atoms with Gasteiger partial charge in [-0.25, -0.2) is 0 Å². The molecule has 1 aromatic heterocycles. The average molecular weight is 359 g/mol. The van der Waals surface area contributed by atoms with Crippen LogP contribution in [0.2, 0.25) is 0 Å². The molecule has 0 atom stereocenters. The summed E-state index contributed by atoms with van der Waals surface area (Å²) in [4.78, 5) is 12.4. The number of phenols is 3. The van der Waals surface area contributed by atoms with Crippen molar-refractivity contribution < 1.29 is 29.6 Å². The summed E-state index contributed by atoms with van der Waals surface area (Å²) < 4.78 is 10.9. The fourth-order valence-electron chi connectivity index (χ4n) is 2.51. The number of benzene rings is 2. The molecule has 0 amide bonds. The van der Waals surface area contributed by atoms with E-state index in [4.69, 9.17) is 14.9 Å². The maximum absolute atomic E-state index is 12.4. The van der Waals surface area contributed by atoms with Gasteiger partial charge in [-0.05, 0) is 31.2 Å². The first-order valence-electron chi connectivity index (χ1n) is 7.80. The molecule has 0 unspecified atom stereocenters. The van der Waals surface area contributed by atoms with Crippen LogP contribution < -0.4 is 15.9 Å². The van der Waals surface area contributed by atoms with Crippen molar-refractivity contribution in [3.8, 4) is 40.1 Å². The highest BCUT2D eigenvalue weighted by molar-refractivity contribution is 5.88. The van der Waals surface area contributed by atoms with Gasteiger partial charge in [0.15, 0.2) is 17.3 Å². The number of nitrogens with two attached hydrogens (primary N) is 1. The number of phenolic OH excluding ortho intramolecular Hbond substituents is 3. The van der Waals surface area contributed by atoms with E-state index in [-0.39, 0.29) is 46.1 Å². The van der Waals surface area contributed by atoms with Crippen LogP contribution in [-0.4, -0.2) is 33.6 Å². The Hall–Kier alpha value is -3.39. The summed E-state index contributed by atoms with van der Waals surface area (Å²) in [7, 11) is 0.